The van der Waals surface area contributed by atoms with Crippen LogP contribution in [0.25, 0.3) is 33.4 Å². The molecule has 0 atom stereocenters. The number of imidazole rings is 1. The summed E-state index contributed by atoms with van der Waals surface area (Å²) >= 11 is 0. The van der Waals surface area contributed by atoms with Gasteiger partial charge in [-0.1, -0.05) is 45.7 Å². The van der Waals surface area contributed by atoms with E-state index in [9.17, 15) is 4.79 Å². The van der Waals surface area contributed by atoms with E-state index in [2.05, 4.69) is 48.4 Å². The molecule has 0 radical (unpaired) electrons. The third-order valence-electron chi connectivity index (χ3n) is 5.99. The molecule has 0 fully saturated rings. The minimum absolute atomic E-state index is 0.335. The number of hydrogen-bond donors (Lipinski definition) is 0. The van der Waals surface area contributed by atoms with Crippen molar-refractivity contribution >= 4 is 27.7 Å². The molecule has 4 rings (SSSR count). The van der Waals surface area contributed by atoms with Crippen LogP contribution < -0.4 is 10.5 Å². The summed E-state index contributed by atoms with van der Waals surface area (Å²) in [4.78, 5) is 20.3. The van der Waals surface area contributed by atoms with Gasteiger partial charge in [0.05, 0.1) is 11.0 Å². The first-order valence-electron chi connectivity index (χ1n) is 11.9. The lowest BCUT2D eigenvalue weighted by atomic mass is 10.1. The minimum Gasteiger partial charge on any atom is -0.422 e. The topological polar surface area (TPSA) is 51.3 Å². The summed E-state index contributed by atoms with van der Waals surface area (Å²) in [6, 6.07) is 16.2. The number of nitrogens with zero attached hydrogens (tertiary/aromatic N) is 3. The highest BCUT2D eigenvalue weighted by Gasteiger charge is 2.17. The Labute approximate surface area is 189 Å². The minimum atomic E-state index is -0.335. The van der Waals surface area contributed by atoms with E-state index in [0.29, 0.717) is 17.0 Å². The third-order valence-corrected chi connectivity index (χ3v) is 5.99. The number of rotatable bonds is 10. The zero-order valence-electron chi connectivity index (χ0n) is 19.4. The Bertz CT molecular complexity index is 1250. The Morgan fingerprint density at radius 1 is 0.938 bits per heavy atom. The van der Waals surface area contributed by atoms with Crippen LogP contribution >= 0.6 is 0 Å². The predicted molar refractivity (Wildman–Crippen MR) is 134 cm³/mol. The predicted octanol–water partition coefficient (Wildman–Crippen LogP) is 6.63. The standard InChI is InChI=1S/C27H33N3O2/c1-4-7-16-29(15-6-3)21-14-13-20-18-22(27(31)32-25(20)19-21)26-28-23-11-9-10-12-24(23)30(26)17-8-5-2/h9-14,18-19H,4-8,15-17H2,1-3H3. The highest BCUT2D eigenvalue weighted by Crippen LogP contribution is 2.28. The van der Waals surface area contributed by atoms with Gasteiger partial charge in [0.25, 0.3) is 0 Å². The Morgan fingerprint density at radius 2 is 1.75 bits per heavy atom. The molecule has 0 unspecified atom stereocenters. The molecule has 0 aliphatic carbocycles. The van der Waals surface area contributed by atoms with Crippen molar-refractivity contribution in [1.29, 1.82) is 0 Å². The Morgan fingerprint density at radius 3 is 2.53 bits per heavy atom. The van der Waals surface area contributed by atoms with E-state index in [1.807, 2.05) is 30.3 Å². The normalized spacial score (nSPS) is 11.5. The van der Waals surface area contributed by atoms with Crippen molar-refractivity contribution in [3.63, 3.8) is 0 Å². The lowest BCUT2D eigenvalue weighted by Crippen LogP contribution is -2.25. The van der Waals surface area contributed by atoms with Crippen LogP contribution in [-0.2, 0) is 6.54 Å². The molecule has 4 aromatic rings. The number of benzene rings is 2. The van der Waals surface area contributed by atoms with Gasteiger partial charge in [0, 0.05) is 36.8 Å². The first-order chi connectivity index (χ1) is 15.7. The number of aromatic nitrogens is 2. The summed E-state index contributed by atoms with van der Waals surface area (Å²) in [5.41, 5.74) is 3.88. The van der Waals surface area contributed by atoms with Crippen LogP contribution in [0.4, 0.5) is 5.69 Å². The van der Waals surface area contributed by atoms with Crippen molar-refractivity contribution in [3.05, 3.63) is 59.0 Å². The van der Waals surface area contributed by atoms with Gasteiger partial charge in [-0.3, -0.25) is 0 Å². The van der Waals surface area contributed by atoms with Gasteiger partial charge in [-0.05, 0) is 49.6 Å². The molecule has 5 heteroatoms. The van der Waals surface area contributed by atoms with Crippen LogP contribution in [0.3, 0.4) is 0 Å². The molecule has 5 nitrogen and oxygen atoms in total. The third kappa shape index (κ3) is 4.43. The second-order valence-corrected chi connectivity index (χ2v) is 8.44. The van der Waals surface area contributed by atoms with Crippen molar-refractivity contribution in [3.8, 4) is 11.4 Å². The van der Waals surface area contributed by atoms with E-state index in [4.69, 9.17) is 9.40 Å². The Balaban J connectivity index is 1.78. The molecular weight excluding hydrogens is 398 g/mol. The number of hydrogen-bond acceptors (Lipinski definition) is 4. The summed E-state index contributed by atoms with van der Waals surface area (Å²) in [6.45, 7) is 9.40. The fraction of sp³-hybridized carbons (Fsp3) is 0.407. The summed E-state index contributed by atoms with van der Waals surface area (Å²) in [6.07, 6.45) is 5.49. The zero-order chi connectivity index (χ0) is 22.5. The van der Waals surface area contributed by atoms with Crippen LogP contribution in [0.1, 0.15) is 52.9 Å². The lowest BCUT2D eigenvalue weighted by Gasteiger charge is -2.24. The number of aryl methyl sites for hydroxylation is 1. The highest BCUT2D eigenvalue weighted by atomic mass is 16.4. The van der Waals surface area contributed by atoms with Gasteiger partial charge in [0.1, 0.15) is 17.0 Å². The molecule has 0 spiro atoms. The first-order valence-corrected chi connectivity index (χ1v) is 11.9. The summed E-state index contributed by atoms with van der Waals surface area (Å²) in [5, 5.41) is 0.921. The van der Waals surface area contributed by atoms with Gasteiger partial charge in [0.15, 0.2) is 0 Å². The maximum Gasteiger partial charge on any atom is 0.347 e. The van der Waals surface area contributed by atoms with E-state index in [1.54, 1.807) is 0 Å². The zero-order valence-corrected chi connectivity index (χ0v) is 19.4. The van der Waals surface area contributed by atoms with Crippen molar-refractivity contribution in [2.45, 2.75) is 59.4 Å². The van der Waals surface area contributed by atoms with Crippen LogP contribution in [0.5, 0.6) is 0 Å². The van der Waals surface area contributed by atoms with E-state index in [-0.39, 0.29) is 5.63 Å². The Kier molecular flexibility index (Phi) is 6.93. The second-order valence-electron chi connectivity index (χ2n) is 8.44. The molecule has 0 amide bonds. The smallest absolute Gasteiger partial charge is 0.347 e. The van der Waals surface area contributed by atoms with Crippen LogP contribution in [0, 0.1) is 0 Å². The molecule has 0 aliphatic heterocycles. The molecule has 0 aliphatic rings. The average Bonchev–Trinajstić information content (AvgIpc) is 3.17. The van der Waals surface area contributed by atoms with Gasteiger partial charge < -0.3 is 13.9 Å². The first kappa shape index (κ1) is 22.1. The molecule has 0 saturated heterocycles. The quantitative estimate of drug-likeness (QED) is 0.265. The SMILES string of the molecule is CCCCN(CCC)c1ccc2cc(-c3nc4ccccc4n3CCCC)c(=O)oc2c1. The number of unbranched alkanes of at least 4 members (excludes halogenated alkanes) is 2. The molecule has 32 heavy (non-hydrogen) atoms. The number of para-hydroxylation sites is 2. The lowest BCUT2D eigenvalue weighted by molar-refractivity contribution is 0.560. The molecule has 2 aromatic heterocycles. The van der Waals surface area contributed by atoms with Crippen molar-refractivity contribution in [1.82, 2.24) is 9.55 Å². The van der Waals surface area contributed by atoms with E-state index >= 15 is 0 Å². The van der Waals surface area contributed by atoms with Crippen LogP contribution in [0.15, 0.2) is 57.7 Å². The summed E-state index contributed by atoms with van der Waals surface area (Å²) < 4.78 is 7.99. The highest BCUT2D eigenvalue weighted by molar-refractivity contribution is 5.86. The second kappa shape index (κ2) is 10.0. The fourth-order valence-electron chi connectivity index (χ4n) is 4.27. The van der Waals surface area contributed by atoms with Crippen molar-refractivity contribution in [2.75, 3.05) is 18.0 Å². The van der Waals surface area contributed by atoms with E-state index < -0.39 is 0 Å². The van der Waals surface area contributed by atoms with Crippen LogP contribution in [0.2, 0.25) is 0 Å². The maximum absolute atomic E-state index is 13.1. The molecule has 2 heterocycles. The van der Waals surface area contributed by atoms with E-state index in [0.717, 1.165) is 73.8 Å². The van der Waals surface area contributed by atoms with Crippen LogP contribution in [-0.4, -0.2) is 22.6 Å². The largest absolute Gasteiger partial charge is 0.422 e. The van der Waals surface area contributed by atoms with Gasteiger partial charge in [-0.2, -0.15) is 0 Å². The fourth-order valence-corrected chi connectivity index (χ4v) is 4.27. The van der Waals surface area contributed by atoms with Crippen molar-refractivity contribution < 1.29 is 4.42 Å². The summed E-state index contributed by atoms with van der Waals surface area (Å²) in [7, 11) is 0. The van der Waals surface area contributed by atoms with E-state index in [1.165, 1.54) is 0 Å². The Hall–Kier alpha value is -3.08. The summed E-state index contributed by atoms with van der Waals surface area (Å²) in [5.74, 6) is 0.690. The van der Waals surface area contributed by atoms with Gasteiger partial charge in [0.2, 0.25) is 0 Å². The molecule has 0 bridgehead atoms. The molecule has 2 aromatic carbocycles. The number of fused-ring (bicyclic) bond motifs is 2. The average molecular weight is 432 g/mol. The molecule has 0 N–H and O–H groups in total. The maximum atomic E-state index is 13.1. The van der Waals surface area contributed by atoms with Gasteiger partial charge >= 0.3 is 5.63 Å². The molecular formula is C27H33N3O2. The van der Waals surface area contributed by atoms with Gasteiger partial charge in [-0.15, -0.1) is 0 Å². The van der Waals surface area contributed by atoms with Crippen molar-refractivity contribution in [2.24, 2.45) is 0 Å². The monoisotopic (exact) mass is 431 g/mol. The number of anilines is 1. The van der Waals surface area contributed by atoms with Gasteiger partial charge in [-0.25, -0.2) is 9.78 Å². The molecule has 168 valence electrons. The molecule has 0 saturated carbocycles.